The molecule has 0 atom stereocenters. The zero-order chi connectivity index (χ0) is 11.5. The summed E-state index contributed by atoms with van der Waals surface area (Å²) in [6, 6.07) is 8.36. The lowest BCUT2D eigenvalue weighted by molar-refractivity contribution is 0.912. The smallest absolute Gasteiger partial charge is 0.128 e. The van der Waals surface area contributed by atoms with Crippen LogP contribution in [0.2, 0.25) is 0 Å². The van der Waals surface area contributed by atoms with Crippen molar-refractivity contribution in [1.29, 1.82) is 0 Å². The van der Waals surface area contributed by atoms with Gasteiger partial charge in [-0.1, -0.05) is 0 Å². The van der Waals surface area contributed by atoms with Gasteiger partial charge >= 0.3 is 0 Å². The highest BCUT2D eigenvalue weighted by Gasteiger charge is 2.04. The van der Waals surface area contributed by atoms with Gasteiger partial charge in [0.05, 0.1) is 6.54 Å². The van der Waals surface area contributed by atoms with Crippen LogP contribution in [0.1, 0.15) is 9.75 Å². The highest BCUT2D eigenvalue weighted by atomic mass is 79.9. The number of pyridine rings is 1. The fourth-order valence-electron chi connectivity index (χ4n) is 1.48. The van der Waals surface area contributed by atoms with Crippen molar-refractivity contribution in [3.05, 3.63) is 44.7 Å². The Morgan fingerprint density at radius 1 is 1.31 bits per heavy atom. The molecule has 2 rings (SSSR count). The summed E-state index contributed by atoms with van der Waals surface area (Å²) in [4.78, 5) is 9.23. The van der Waals surface area contributed by atoms with E-state index < -0.39 is 0 Å². The molecule has 0 aliphatic heterocycles. The fraction of sp³-hybridized carbons (Fsp3) is 0.250. The Bertz CT molecular complexity index is 464. The third-order valence-corrected chi connectivity index (χ3v) is 3.75. The SMILES string of the molecule is Cc1ccc(CN(C)c2ccc(Br)cn2)s1. The summed E-state index contributed by atoms with van der Waals surface area (Å²) in [6.45, 7) is 3.04. The Morgan fingerprint density at radius 2 is 2.12 bits per heavy atom. The number of anilines is 1. The fourth-order valence-corrected chi connectivity index (χ4v) is 2.66. The molecule has 4 heteroatoms. The summed E-state index contributed by atoms with van der Waals surface area (Å²) in [5.41, 5.74) is 0. The topological polar surface area (TPSA) is 16.1 Å². The first-order chi connectivity index (χ1) is 7.65. The van der Waals surface area contributed by atoms with Crippen molar-refractivity contribution in [2.24, 2.45) is 0 Å². The number of aryl methyl sites for hydroxylation is 1. The highest BCUT2D eigenvalue weighted by molar-refractivity contribution is 9.10. The Kier molecular flexibility index (Phi) is 3.61. The zero-order valence-corrected chi connectivity index (χ0v) is 11.7. The molecular weight excluding hydrogens is 284 g/mol. The maximum atomic E-state index is 4.36. The number of nitrogens with zero attached hydrogens (tertiary/aromatic N) is 2. The van der Waals surface area contributed by atoms with Gasteiger partial charge in [0.25, 0.3) is 0 Å². The molecule has 0 saturated carbocycles. The number of hydrogen-bond donors (Lipinski definition) is 0. The minimum Gasteiger partial charge on any atom is -0.355 e. The number of thiophene rings is 1. The van der Waals surface area contributed by atoms with E-state index in [-0.39, 0.29) is 0 Å². The molecule has 0 fully saturated rings. The molecule has 2 aromatic rings. The summed E-state index contributed by atoms with van der Waals surface area (Å²) < 4.78 is 1.01. The van der Waals surface area contributed by atoms with Crippen molar-refractivity contribution in [3.8, 4) is 0 Å². The van der Waals surface area contributed by atoms with Gasteiger partial charge < -0.3 is 4.90 Å². The maximum absolute atomic E-state index is 4.36. The second-order valence-corrected chi connectivity index (χ2v) is 5.99. The molecule has 0 aliphatic carbocycles. The maximum Gasteiger partial charge on any atom is 0.128 e. The van der Waals surface area contributed by atoms with Crippen LogP contribution in [-0.2, 0) is 6.54 Å². The van der Waals surface area contributed by atoms with Crippen LogP contribution in [0.4, 0.5) is 5.82 Å². The van der Waals surface area contributed by atoms with Gasteiger partial charge in [-0.25, -0.2) is 4.98 Å². The normalized spacial score (nSPS) is 10.4. The molecule has 16 heavy (non-hydrogen) atoms. The van der Waals surface area contributed by atoms with Crippen LogP contribution >= 0.6 is 27.3 Å². The van der Waals surface area contributed by atoms with E-state index in [1.807, 2.05) is 29.7 Å². The molecule has 0 unspecified atom stereocenters. The van der Waals surface area contributed by atoms with Gasteiger partial charge in [-0.2, -0.15) is 0 Å². The van der Waals surface area contributed by atoms with Crippen LogP contribution in [0.3, 0.4) is 0 Å². The Morgan fingerprint density at radius 3 is 2.69 bits per heavy atom. The molecular formula is C12H13BrN2S. The number of hydrogen-bond acceptors (Lipinski definition) is 3. The zero-order valence-electron chi connectivity index (χ0n) is 9.27. The van der Waals surface area contributed by atoms with Crippen LogP contribution < -0.4 is 4.90 Å². The van der Waals surface area contributed by atoms with Crippen LogP contribution in [0.15, 0.2) is 34.9 Å². The van der Waals surface area contributed by atoms with E-state index in [0.717, 1.165) is 16.8 Å². The molecule has 0 aliphatic rings. The van der Waals surface area contributed by atoms with Crippen LogP contribution in [-0.4, -0.2) is 12.0 Å². The van der Waals surface area contributed by atoms with E-state index in [4.69, 9.17) is 0 Å². The minimum absolute atomic E-state index is 0.910. The molecule has 0 amide bonds. The predicted molar refractivity (Wildman–Crippen MR) is 73.1 cm³/mol. The van der Waals surface area contributed by atoms with Gasteiger partial charge in [-0.15, -0.1) is 11.3 Å². The quantitative estimate of drug-likeness (QED) is 0.855. The standard InChI is InChI=1S/C12H13BrN2S/c1-9-3-5-11(16-9)8-15(2)12-6-4-10(13)7-14-12/h3-7H,8H2,1-2H3. The molecule has 0 bridgehead atoms. The molecule has 0 radical (unpaired) electrons. The van der Waals surface area contributed by atoms with Crippen molar-refractivity contribution >= 4 is 33.1 Å². The van der Waals surface area contributed by atoms with Crippen molar-refractivity contribution in [2.45, 2.75) is 13.5 Å². The molecule has 84 valence electrons. The van der Waals surface area contributed by atoms with Crippen molar-refractivity contribution in [2.75, 3.05) is 11.9 Å². The largest absolute Gasteiger partial charge is 0.355 e. The van der Waals surface area contributed by atoms with Crippen LogP contribution in [0, 0.1) is 6.92 Å². The lowest BCUT2D eigenvalue weighted by atomic mass is 10.4. The third-order valence-electron chi connectivity index (χ3n) is 2.29. The van der Waals surface area contributed by atoms with E-state index in [1.54, 1.807) is 0 Å². The Hall–Kier alpha value is -0.870. The van der Waals surface area contributed by atoms with Crippen molar-refractivity contribution in [1.82, 2.24) is 4.98 Å². The summed E-state index contributed by atoms with van der Waals surface area (Å²) in [5.74, 6) is 0.995. The van der Waals surface area contributed by atoms with Gasteiger partial charge in [-0.05, 0) is 47.1 Å². The first-order valence-electron chi connectivity index (χ1n) is 5.03. The third kappa shape index (κ3) is 2.83. The van der Waals surface area contributed by atoms with Gasteiger partial charge in [0.2, 0.25) is 0 Å². The average molecular weight is 297 g/mol. The molecule has 2 aromatic heterocycles. The molecule has 2 heterocycles. The second kappa shape index (κ2) is 4.97. The minimum atomic E-state index is 0.910. The Labute approximate surface area is 108 Å². The molecule has 0 spiro atoms. The highest BCUT2D eigenvalue weighted by Crippen LogP contribution is 2.20. The first-order valence-corrected chi connectivity index (χ1v) is 6.64. The van der Waals surface area contributed by atoms with E-state index in [0.29, 0.717) is 0 Å². The molecule has 0 N–H and O–H groups in total. The monoisotopic (exact) mass is 296 g/mol. The van der Waals surface area contributed by atoms with Gasteiger partial charge in [0, 0.05) is 27.5 Å². The first kappa shape index (κ1) is 11.6. The van der Waals surface area contributed by atoms with Crippen molar-refractivity contribution in [3.63, 3.8) is 0 Å². The van der Waals surface area contributed by atoms with Gasteiger partial charge in [0.1, 0.15) is 5.82 Å². The number of rotatable bonds is 3. The second-order valence-electron chi connectivity index (χ2n) is 3.70. The average Bonchev–Trinajstić information content (AvgIpc) is 2.65. The summed E-state index contributed by atoms with van der Waals surface area (Å²) in [5, 5.41) is 0. The molecule has 2 nitrogen and oxygen atoms in total. The summed E-state index contributed by atoms with van der Waals surface area (Å²) in [7, 11) is 2.06. The van der Waals surface area contributed by atoms with Gasteiger partial charge in [-0.3, -0.25) is 0 Å². The van der Waals surface area contributed by atoms with Crippen LogP contribution in [0.5, 0.6) is 0 Å². The van der Waals surface area contributed by atoms with E-state index >= 15 is 0 Å². The Balaban J connectivity index is 2.08. The van der Waals surface area contributed by atoms with Crippen LogP contribution in [0.25, 0.3) is 0 Å². The number of aromatic nitrogens is 1. The van der Waals surface area contributed by atoms with E-state index in [2.05, 4.69) is 51.9 Å². The van der Waals surface area contributed by atoms with Crippen molar-refractivity contribution < 1.29 is 0 Å². The number of halogens is 1. The lowest BCUT2D eigenvalue weighted by Crippen LogP contribution is -2.16. The van der Waals surface area contributed by atoms with E-state index in [1.165, 1.54) is 9.75 Å². The lowest BCUT2D eigenvalue weighted by Gasteiger charge is -2.16. The predicted octanol–water partition coefficient (Wildman–Crippen LogP) is 3.85. The van der Waals surface area contributed by atoms with Gasteiger partial charge in [0.15, 0.2) is 0 Å². The van der Waals surface area contributed by atoms with E-state index in [9.17, 15) is 0 Å². The summed E-state index contributed by atoms with van der Waals surface area (Å²) in [6.07, 6.45) is 1.82. The molecule has 0 saturated heterocycles. The molecule has 0 aromatic carbocycles. The summed E-state index contributed by atoms with van der Waals surface area (Å²) >= 11 is 5.22.